The van der Waals surface area contributed by atoms with Crippen LogP contribution in [0.25, 0.3) is 27.8 Å². The van der Waals surface area contributed by atoms with Crippen LogP contribution in [0.15, 0.2) is 140 Å². The molecule has 0 saturated carbocycles. The lowest BCUT2D eigenvalue weighted by Gasteiger charge is -2.10. The molecule has 4 heterocycles. The third kappa shape index (κ3) is 6.41. The van der Waals surface area contributed by atoms with Crippen molar-refractivity contribution in [3.63, 3.8) is 0 Å². The topological polar surface area (TPSA) is 93.4 Å². The molecule has 8 rings (SSSR count). The number of benzene rings is 4. The van der Waals surface area contributed by atoms with E-state index in [2.05, 4.69) is 19.9 Å². The second-order valence-electron chi connectivity index (χ2n) is 10.7. The molecule has 9 nitrogen and oxygen atoms in total. The zero-order chi connectivity index (χ0) is 33.2. The van der Waals surface area contributed by atoms with Crippen LogP contribution < -0.4 is 18.9 Å². The Labute approximate surface area is 277 Å². The van der Waals surface area contributed by atoms with Crippen molar-refractivity contribution in [2.45, 2.75) is 0 Å². The van der Waals surface area contributed by atoms with E-state index in [-0.39, 0.29) is 11.8 Å². The highest BCUT2D eigenvalue weighted by molar-refractivity contribution is 6.09. The third-order valence-electron chi connectivity index (χ3n) is 7.38. The lowest BCUT2D eigenvalue weighted by atomic mass is 10.1. The molecule has 238 valence electrons. The lowest BCUT2D eigenvalue weighted by Crippen LogP contribution is -2.00. The minimum absolute atomic E-state index is 0.136. The Morgan fingerprint density at radius 3 is 1.33 bits per heavy atom. The van der Waals surface area contributed by atoms with Crippen LogP contribution in [-0.4, -0.2) is 24.5 Å². The van der Waals surface area contributed by atoms with E-state index in [1.54, 1.807) is 67.0 Å². The number of fused-ring (bicyclic) bond motifs is 3. The van der Waals surface area contributed by atoms with Crippen molar-refractivity contribution in [1.82, 2.24) is 24.5 Å². The van der Waals surface area contributed by atoms with E-state index in [0.29, 0.717) is 40.4 Å². The van der Waals surface area contributed by atoms with Gasteiger partial charge in [0, 0.05) is 72.0 Å². The van der Waals surface area contributed by atoms with Gasteiger partial charge in [-0.1, -0.05) is 12.1 Å². The Balaban J connectivity index is 1.12. The van der Waals surface area contributed by atoms with Crippen LogP contribution in [0.5, 0.6) is 46.3 Å². The number of aromatic nitrogens is 5. The molecule has 0 saturated heterocycles. The summed E-state index contributed by atoms with van der Waals surface area (Å²) in [5.41, 5.74) is 1.62. The predicted octanol–water partition coefficient (Wildman–Crippen LogP) is 9.81. The molecule has 49 heavy (non-hydrogen) atoms. The van der Waals surface area contributed by atoms with Crippen LogP contribution in [0.4, 0.5) is 8.78 Å². The molecule has 0 amide bonds. The Morgan fingerprint density at radius 2 is 0.857 bits per heavy atom. The average molecular weight is 652 g/mol. The van der Waals surface area contributed by atoms with E-state index < -0.39 is 11.6 Å². The minimum atomic E-state index is -0.443. The molecule has 0 N–H and O–H groups in total. The fourth-order valence-electron chi connectivity index (χ4n) is 5.33. The summed E-state index contributed by atoms with van der Waals surface area (Å²) in [6.07, 6.45) is 6.04. The first-order valence-corrected chi connectivity index (χ1v) is 15.0. The van der Waals surface area contributed by atoms with Gasteiger partial charge < -0.3 is 18.9 Å². The van der Waals surface area contributed by atoms with E-state index in [4.69, 9.17) is 18.9 Å². The number of ether oxygens (including phenoxy) is 4. The standard InChI is InChI=1S/C38H23F2N5O4/c39-24-12-16-41-36(18-24)48-28-6-1-4-26(20-28)46-30-8-10-32-33-11-9-31(23-35(33)45(34(32)22-30)38-43-14-3-15-44-38)47-27-5-2-7-29(21-27)49-37-19-25(40)13-17-42-37/h1-23H. The van der Waals surface area contributed by atoms with Crippen molar-refractivity contribution < 1.29 is 27.7 Å². The summed E-state index contributed by atoms with van der Waals surface area (Å²) in [5.74, 6) is 2.90. The Morgan fingerprint density at radius 1 is 0.408 bits per heavy atom. The van der Waals surface area contributed by atoms with Crippen molar-refractivity contribution in [2.24, 2.45) is 0 Å². The second kappa shape index (κ2) is 12.7. The van der Waals surface area contributed by atoms with Gasteiger partial charge in [-0.3, -0.25) is 4.57 Å². The molecule has 0 atom stereocenters. The van der Waals surface area contributed by atoms with Gasteiger partial charge in [0.05, 0.1) is 11.0 Å². The first-order chi connectivity index (χ1) is 24.0. The highest BCUT2D eigenvalue weighted by Crippen LogP contribution is 2.38. The number of hydrogen-bond acceptors (Lipinski definition) is 8. The Hall–Kier alpha value is -6.88. The van der Waals surface area contributed by atoms with Crippen LogP contribution in [0.3, 0.4) is 0 Å². The van der Waals surface area contributed by atoms with Gasteiger partial charge in [-0.05, 0) is 66.7 Å². The van der Waals surface area contributed by atoms with Crippen LogP contribution in [0, 0.1) is 11.6 Å². The van der Waals surface area contributed by atoms with Crippen molar-refractivity contribution in [1.29, 1.82) is 0 Å². The lowest BCUT2D eigenvalue weighted by molar-refractivity contribution is 0.444. The fraction of sp³-hybridized carbons (Fsp3) is 0. The van der Waals surface area contributed by atoms with E-state index in [0.717, 1.165) is 21.8 Å². The molecular weight excluding hydrogens is 628 g/mol. The minimum Gasteiger partial charge on any atom is -0.457 e. The summed E-state index contributed by atoms with van der Waals surface area (Å²) < 4.78 is 53.2. The second-order valence-corrected chi connectivity index (χ2v) is 10.7. The van der Waals surface area contributed by atoms with E-state index in [1.807, 2.05) is 41.0 Å². The summed E-state index contributed by atoms with van der Waals surface area (Å²) in [6, 6.07) is 32.2. The van der Waals surface area contributed by atoms with E-state index in [9.17, 15) is 8.78 Å². The maximum atomic E-state index is 13.6. The summed E-state index contributed by atoms with van der Waals surface area (Å²) in [4.78, 5) is 17.2. The number of nitrogens with zero attached hydrogens (tertiary/aromatic N) is 5. The highest BCUT2D eigenvalue weighted by atomic mass is 19.1. The van der Waals surface area contributed by atoms with Gasteiger partial charge in [0.1, 0.15) is 46.1 Å². The van der Waals surface area contributed by atoms with Gasteiger partial charge in [-0.2, -0.15) is 0 Å². The van der Waals surface area contributed by atoms with Crippen LogP contribution in [-0.2, 0) is 0 Å². The predicted molar refractivity (Wildman–Crippen MR) is 178 cm³/mol. The molecule has 4 aromatic heterocycles. The van der Waals surface area contributed by atoms with Gasteiger partial charge in [-0.15, -0.1) is 0 Å². The summed E-state index contributed by atoms with van der Waals surface area (Å²) >= 11 is 0. The van der Waals surface area contributed by atoms with Gasteiger partial charge in [0.15, 0.2) is 0 Å². The maximum absolute atomic E-state index is 13.6. The summed E-state index contributed by atoms with van der Waals surface area (Å²) in [7, 11) is 0. The Kier molecular flexibility index (Phi) is 7.67. The van der Waals surface area contributed by atoms with Crippen molar-refractivity contribution in [2.75, 3.05) is 0 Å². The van der Waals surface area contributed by atoms with Crippen molar-refractivity contribution in [3.05, 3.63) is 152 Å². The molecule has 0 bridgehead atoms. The quantitative estimate of drug-likeness (QED) is 0.152. The van der Waals surface area contributed by atoms with Gasteiger partial charge >= 0.3 is 0 Å². The Bertz CT molecular complexity index is 2310. The van der Waals surface area contributed by atoms with Crippen molar-refractivity contribution in [3.8, 4) is 52.2 Å². The third-order valence-corrected chi connectivity index (χ3v) is 7.38. The van der Waals surface area contributed by atoms with Gasteiger partial charge in [0.25, 0.3) is 0 Å². The first kappa shape index (κ1) is 29.5. The van der Waals surface area contributed by atoms with Gasteiger partial charge in [0.2, 0.25) is 17.7 Å². The van der Waals surface area contributed by atoms with Crippen LogP contribution in [0.1, 0.15) is 0 Å². The molecule has 0 aliphatic carbocycles. The zero-order valence-corrected chi connectivity index (χ0v) is 25.4. The van der Waals surface area contributed by atoms with E-state index in [1.165, 1.54) is 36.7 Å². The molecule has 0 aliphatic rings. The zero-order valence-electron chi connectivity index (χ0n) is 25.4. The average Bonchev–Trinajstić information content (AvgIpc) is 3.42. The molecule has 8 aromatic rings. The number of pyridine rings is 2. The van der Waals surface area contributed by atoms with Crippen molar-refractivity contribution >= 4 is 21.8 Å². The molecule has 0 aliphatic heterocycles. The molecule has 11 heteroatoms. The monoisotopic (exact) mass is 651 g/mol. The SMILES string of the molecule is Fc1ccnc(Oc2cccc(Oc3ccc4c5ccc(Oc6cccc(Oc7cc(F)ccn7)c6)cc5n(-c5ncccn5)c4c3)c2)c1. The fourth-order valence-corrected chi connectivity index (χ4v) is 5.33. The molecule has 0 fully saturated rings. The highest BCUT2D eigenvalue weighted by Gasteiger charge is 2.17. The largest absolute Gasteiger partial charge is 0.457 e. The molecule has 0 unspecified atom stereocenters. The number of halogens is 2. The number of hydrogen-bond donors (Lipinski definition) is 0. The first-order valence-electron chi connectivity index (χ1n) is 15.0. The maximum Gasteiger partial charge on any atom is 0.234 e. The number of rotatable bonds is 9. The van der Waals surface area contributed by atoms with Crippen LogP contribution >= 0.6 is 0 Å². The van der Waals surface area contributed by atoms with Gasteiger partial charge in [-0.25, -0.2) is 28.7 Å². The molecule has 0 spiro atoms. The summed E-state index contributed by atoms with van der Waals surface area (Å²) in [6.45, 7) is 0. The van der Waals surface area contributed by atoms with Crippen LogP contribution in [0.2, 0.25) is 0 Å². The summed E-state index contributed by atoms with van der Waals surface area (Å²) in [5, 5.41) is 1.90. The normalized spacial score (nSPS) is 11.1. The van der Waals surface area contributed by atoms with E-state index >= 15 is 0 Å². The molecular formula is C38H23F2N5O4. The molecule has 4 aromatic carbocycles. The smallest absolute Gasteiger partial charge is 0.234 e. The molecule has 0 radical (unpaired) electrons.